The number of amides is 4. The molecule has 2 aromatic carbocycles. The van der Waals surface area contributed by atoms with E-state index in [2.05, 4.69) is 15.7 Å². The summed E-state index contributed by atoms with van der Waals surface area (Å²) in [5, 5.41) is 3.04. The molecule has 2 heterocycles. The normalized spacial score (nSPS) is 14.0. The fourth-order valence-corrected chi connectivity index (χ4v) is 2.66. The summed E-state index contributed by atoms with van der Waals surface area (Å²) in [5.41, 5.74) is 5.49. The molecular formula is C17H13N5O3. The van der Waals surface area contributed by atoms with Crippen molar-refractivity contribution in [2.75, 3.05) is 6.54 Å². The molecule has 3 aromatic rings. The molecule has 1 aromatic heterocycles. The number of nitrogens with one attached hydrogen (secondary N) is 2. The molecule has 0 bridgehead atoms. The van der Waals surface area contributed by atoms with Gasteiger partial charge in [0.1, 0.15) is 12.9 Å². The molecule has 0 aliphatic carbocycles. The fraction of sp³-hybridized carbons (Fsp3) is 0.0588. The van der Waals surface area contributed by atoms with E-state index in [0.29, 0.717) is 5.56 Å². The zero-order chi connectivity index (χ0) is 17.4. The van der Waals surface area contributed by atoms with Crippen molar-refractivity contribution in [2.45, 2.75) is 0 Å². The number of urea groups is 1. The molecule has 8 nitrogen and oxygen atoms in total. The first kappa shape index (κ1) is 14.9. The lowest BCUT2D eigenvalue weighted by atomic mass is 10.2. The van der Waals surface area contributed by atoms with Gasteiger partial charge in [-0.1, -0.05) is 12.1 Å². The molecule has 0 unspecified atom stereocenters. The lowest BCUT2D eigenvalue weighted by molar-refractivity contribution is -0.118. The summed E-state index contributed by atoms with van der Waals surface area (Å²) in [6.45, 7) is -0.191. The molecule has 4 rings (SSSR count). The number of imide groups is 1. The van der Waals surface area contributed by atoms with Gasteiger partial charge in [-0.2, -0.15) is 0 Å². The molecular weight excluding hydrogens is 322 g/mol. The van der Waals surface area contributed by atoms with E-state index in [1.165, 1.54) is 0 Å². The van der Waals surface area contributed by atoms with Crippen molar-refractivity contribution >= 4 is 28.9 Å². The maximum Gasteiger partial charge on any atom is 0.343 e. The van der Waals surface area contributed by atoms with Crippen LogP contribution in [0.5, 0.6) is 0 Å². The minimum Gasteiger partial charge on any atom is -0.299 e. The molecule has 1 aliphatic rings. The van der Waals surface area contributed by atoms with Crippen LogP contribution in [-0.4, -0.2) is 39.0 Å². The number of rotatable bonds is 3. The van der Waals surface area contributed by atoms with E-state index in [-0.39, 0.29) is 6.54 Å². The Hall–Kier alpha value is -3.68. The van der Waals surface area contributed by atoms with E-state index in [1.807, 2.05) is 28.8 Å². The van der Waals surface area contributed by atoms with E-state index in [4.69, 9.17) is 0 Å². The van der Waals surface area contributed by atoms with E-state index in [0.717, 1.165) is 21.7 Å². The largest absolute Gasteiger partial charge is 0.343 e. The van der Waals surface area contributed by atoms with E-state index in [9.17, 15) is 14.4 Å². The highest BCUT2D eigenvalue weighted by atomic mass is 16.2. The van der Waals surface area contributed by atoms with Crippen LogP contribution in [0.15, 0.2) is 54.9 Å². The standard InChI is InChI=1S/C17H13N5O3/c23-15-9-22(17(25)19-15)20-16(24)11-5-7-12(8-6-11)21-10-18-13-3-1-2-4-14(13)21/h1-8,10H,9H2,(H,20,24)(H,19,23,25). The molecule has 1 aliphatic heterocycles. The zero-order valence-electron chi connectivity index (χ0n) is 13.0. The van der Waals surface area contributed by atoms with E-state index >= 15 is 0 Å². The maximum atomic E-state index is 12.2. The van der Waals surface area contributed by atoms with Gasteiger partial charge >= 0.3 is 6.03 Å². The van der Waals surface area contributed by atoms with Crippen LogP contribution in [-0.2, 0) is 4.79 Å². The number of carbonyl (C=O) groups excluding carboxylic acids is 3. The van der Waals surface area contributed by atoms with Gasteiger partial charge in [-0.15, -0.1) is 0 Å². The van der Waals surface area contributed by atoms with Gasteiger partial charge in [0.25, 0.3) is 5.91 Å². The van der Waals surface area contributed by atoms with Crippen molar-refractivity contribution in [3.05, 3.63) is 60.4 Å². The molecule has 124 valence electrons. The molecule has 0 atom stereocenters. The number of carbonyl (C=O) groups is 3. The van der Waals surface area contributed by atoms with Crippen molar-refractivity contribution < 1.29 is 14.4 Å². The first-order chi connectivity index (χ1) is 12.1. The summed E-state index contributed by atoms with van der Waals surface area (Å²) < 4.78 is 1.92. The number of aromatic nitrogens is 2. The Kier molecular flexibility index (Phi) is 3.42. The number of imidazole rings is 1. The quantitative estimate of drug-likeness (QED) is 0.704. The smallest absolute Gasteiger partial charge is 0.299 e. The third kappa shape index (κ3) is 2.69. The molecule has 0 saturated carbocycles. The lowest BCUT2D eigenvalue weighted by Crippen LogP contribution is -2.44. The van der Waals surface area contributed by atoms with Crippen LogP contribution in [0.25, 0.3) is 16.7 Å². The van der Waals surface area contributed by atoms with Crippen molar-refractivity contribution in [2.24, 2.45) is 0 Å². The van der Waals surface area contributed by atoms with Crippen LogP contribution in [0.4, 0.5) is 4.79 Å². The molecule has 8 heteroatoms. The summed E-state index contributed by atoms with van der Waals surface area (Å²) in [6, 6.07) is 14.0. The van der Waals surface area contributed by atoms with Crippen molar-refractivity contribution in [1.82, 2.24) is 25.3 Å². The van der Waals surface area contributed by atoms with Crippen LogP contribution in [0.2, 0.25) is 0 Å². The van der Waals surface area contributed by atoms with Crippen LogP contribution < -0.4 is 10.7 Å². The Morgan fingerprint density at radius 2 is 1.84 bits per heavy atom. The Bertz CT molecular complexity index is 993. The maximum absolute atomic E-state index is 12.2. The van der Waals surface area contributed by atoms with Crippen LogP contribution in [0.1, 0.15) is 10.4 Å². The van der Waals surface area contributed by atoms with Gasteiger partial charge in [-0.3, -0.25) is 24.9 Å². The van der Waals surface area contributed by atoms with Crippen molar-refractivity contribution in [3.63, 3.8) is 0 Å². The average molecular weight is 335 g/mol. The molecule has 1 fully saturated rings. The van der Waals surface area contributed by atoms with Gasteiger partial charge in [0, 0.05) is 11.3 Å². The third-order valence-electron chi connectivity index (χ3n) is 3.89. The number of para-hydroxylation sites is 2. The number of fused-ring (bicyclic) bond motifs is 1. The van der Waals surface area contributed by atoms with Gasteiger partial charge in [-0.05, 0) is 36.4 Å². The lowest BCUT2D eigenvalue weighted by Gasteiger charge is -2.14. The highest BCUT2D eigenvalue weighted by Gasteiger charge is 2.28. The number of nitrogens with zero attached hydrogens (tertiary/aromatic N) is 3. The van der Waals surface area contributed by atoms with Crippen molar-refractivity contribution in [3.8, 4) is 5.69 Å². The Morgan fingerprint density at radius 3 is 2.56 bits per heavy atom. The highest BCUT2D eigenvalue weighted by molar-refractivity contribution is 6.04. The van der Waals surface area contributed by atoms with Crippen molar-refractivity contribution in [1.29, 1.82) is 0 Å². The third-order valence-corrected chi connectivity index (χ3v) is 3.89. The summed E-state index contributed by atoms with van der Waals surface area (Å²) >= 11 is 0. The molecule has 1 saturated heterocycles. The summed E-state index contributed by atoms with van der Waals surface area (Å²) in [5.74, 6) is -0.917. The second-order valence-electron chi connectivity index (χ2n) is 5.53. The first-order valence-corrected chi connectivity index (χ1v) is 7.57. The molecule has 25 heavy (non-hydrogen) atoms. The Morgan fingerprint density at radius 1 is 1.08 bits per heavy atom. The fourth-order valence-electron chi connectivity index (χ4n) is 2.66. The average Bonchev–Trinajstić information content (AvgIpc) is 3.18. The number of hydrogen-bond acceptors (Lipinski definition) is 4. The number of hydrazine groups is 1. The topological polar surface area (TPSA) is 96.3 Å². The van der Waals surface area contributed by atoms with Crippen LogP contribution >= 0.6 is 0 Å². The van der Waals surface area contributed by atoms with Crippen LogP contribution in [0, 0.1) is 0 Å². The number of hydrogen-bond donors (Lipinski definition) is 2. The Balaban J connectivity index is 1.55. The molecule has 2 N–H and O–H groups in total. The summed E-state index contributed by atoms with van der Waals surface area (Å²) in [6.07, 6.45) is 1.72. The molecule has 0 radical (unpaired) electrons. The SMILES string of the molecule is O=C1CN(NC(=O)c2ccc(-n3cnc4ccccc43)cc2)C(=O)N1. The zero-order valence-corrected chi connectivity index (χ0v) is 13.0. The van der Waals surface area contributed by atoms with E-state index in [1.54, 1.807) is 30.6 Å². The van der Waals surface area contributed by atoms with Gasteiger partial charge in [0.2, 0.25) is 5.91 Å². The van der Waals surface area contributed by atoms with Gasteiger partial charge in [0.05, 0.1) is 11.0 Å². The minimum absolute atomic E-state index is 0.191. The minimum atomic E-state index is -0.639. The Labute approximate surface area is 142 Å². The number of benzene rings is 2. The van der Waals surface area contributed by atoms with Gasteiger partial charge < -0.3 is 0 Å². The van der Waals surface area contributed by atoms with E-state index < -0.39 is 17.8 Å². The highest BCUT2D eigenvalue weighted by Crippen LogP contribution is 2.18. The summed E-state index contributed by atoms with van der Waals surface area (Å²) in [7, 11) is 0. The molecule has 0 spiro atoms. The predicted molar refractivity (Wildman–Crippen MR) is 88.8 cm³/mol. The summed E-state index contributed by atoms with van der Waals surface area (Å²) in [4.78, 5) is 39.1. The molecule has 4 amide bonds. The monoisotopic (exact) mass is 335 g/mol. The second-order valence-corrected chi connectivity index (χ2v) is 5.53. The first-order valence-electron chi connectivity index (χ1n) is 7.57. The predicted octanol–water partition coefficient (Wildman–Crippen LogP) is 1.22. The second kappa shape index (κ2) is 5.75. The van der Waals surface area contributed by atoms with Crippen LogP contribution in [0.3, 0.4) is 0 Å². The van der Waals surface area contributed by atoms with Gasteiger partial charge in [0.15, 0.2) is 0 Å². The van der Waals surface area contributed by atoms with Gasteiger partial charge in [-0.25, -0.2) is 14.8 Å².